The highest BCUT2D eigenvalue weighted by molar-refractivity contribution is 6.28. The van der Waals surface area contributed by atoms with E-state index in [9.17, 15) is 19.8 Å². The summed E-state index contributed by atoms with van der Waals surface area (Å²) in [5.74, 6) is 4.53. The molecule has 0 aromatic carbocycles. The first-order valence-electron chi connectivity index (χ1n) is 6.46. The van der Waals surface area contributed by atoms with Gasteiger partial charge in [0.1, 0.15) is 6.10 Å². The maximum Gasteiger partial charge on any atom is 0.331 e. The Morgan fingerprint density at radius 3 is 2.68 bits per heavy atom. The number of aliphatic hydroxyl groups excluding tert-OH is 2. The number of nitrogens with one attached hydrogen (secondary N) is 1. The van der Waals surface area contributed by atoms with E-state index in [1.54, 1.807) is 0 Å². The molecule has 0 saturated carbocycles. The van der Waals surface area contributed by atoms with Gasteiger partial charge in [-0.1, -0.05) is 17.5 Å². The summed E-state index contributed by atoms with van der Waals surface area (Å²) >= 11 is 6.38. The number of aryl methyl sites for hydroxylation is 1. The van der Waals surface area contributed by atoms with Crippen LogP contribution in [0.3, 0.4) is 0 Å². The van der Waals surface area contributed by atoms with Gasteiger partial charge in [-0.3, -0.25) is 14.3 Å². The summed E-state index contributed by atoms with van der Waals surface area (Å²) in [6.07, 6.45) is -2.36. The van der Waals surface area contributed by atoms with E-state index in [0.717, 1.165) is 4.57 Å². The molecule has 0 aliphatic carbocycles. The number of rotatable bonds is 2. The molecule has 3 N–H and O–H groups in total. The summed E-state index contributed by atoms with van der Waals surface area (Å²) in [5.41, 5.74) is -1.04. The molecule has 8 heteroatoms. The van der Waals surface area contributed by atoms with E-state index in [0.29, 0.717) is 0 Å². The lowest BCUT2D eigenvalue weighted by Gasteiger charge is -2.25. The van der Waals surface area contributed by atoms with Gasteiger partial charge in [-0.25, -0.2) is 4.79 Å². The number of aromatic nitrogens is 2. The molecule has 0 fully saturated rings. The fourth-order valence-electron chi connectivity index (χ4n) is 2.30. The van der Waals surface area contributed by atoms with Crippen molar-refractivity contribution in [1.29, 1.82) is 0 Å². The number of H-pyrrole nitrogens is 1. The second-order valence-corrected chi connectivity index (χ2v) is 5.49. The molecule has 2 heterocycles. The zero-order chi connectivity index (χ0) is 16.7. The monoisotopic (exact) mass is 326 g/mol. The fraction of sp³-hybridized carbons (Fsp3) is 0.429. The number of ether oxygens (including phenoxy) is 1. The van der Waals surface area contributed by atoms with Gasteiger partial charge in [-0.15, -0.1) is 5.92 Å². The molecule has 0 spiro atoms. The summed E-state index contributed by atoms with van der Waals surface area (Å²) in [4.78, 5) is 23.8. The zero-order valence-electron chi connectivity index (χ0n) is 12.2. The molecule has 0 radical (unpaired) electrons. The third kappa shape index (κ3) is 2.40. The molecule has 22 heavy (non-hydrogen) atoms. The first-order valence-corrected chi connectivity index (χ1v) is 6.83. The molecule has 0 bridgehead atoms. The van der Waals surface area contributed by atoms with Gasteiger partial charge in [0, 0.05) is 11.8 Å². The first-order chi connectivity index (χ1) is 10.2. The van der Waals surface area contributed by atoms with Gasteiger partial charge in [0.25, 0.3) is 5.56 Å². The second kappa shape index (κ2) is 5.55. The highest BCUT2D eigenvalue weighted by Crippen LogP contribution is 2.45. The van der Waals surface area contributed by atoms with Crippen LogP contribution >= 0.6 is 11.6 Å². The Morgan fingerprint density at radius 2 is 2.18 bits per heavy atom. The molecule has 1 aliphatic heterocycles. The van der Waals surface area contributed by atoms with Gasteiger partial charge < -0.3 is 14.9 Å². The van der Waals surface area contributed by atoms with Crippen LogP contribution in [-0.4, -0.2) is 30.7 Å². The quantitative estimate of drug-likeness (QED) is 0.543. The zero-order valence-corrected chi connectivity index (χ0v) is 12.9. The number of hydrogen-bond acceptors (Lipinski definition) is 5. The fourth-order valence-corrected chi connectivity index (χ4v) is 2.63. The van der Waals surface area contributed by atoms with Crippen molar-refractivity contribution in [2.24, 2.45) is 0 Å². The van der Waals surface area contributed by atoms with Crippen molar-refractivity contribution in [3.05, 3.63) is 44.1 Å². The van der Waals surface area contributed by atoms with Crippen LogP contribution in [0.15, 0.2) is 27.2 Å². The molecule has 1 aromatic heterocycles. The summed E-state index contributed by atoms with van der Waals surface area (Å²) in [7, 11) is 0. The van der Waals surface area contributed by atoms with Crippen LogP contribution < -0.4 is 11.2 Å². The van der Waals surface area contributed by atoms with Crippen molar-refractivity contribution >= 4 is 11.6 Å². The number of aliphatic hydroxyl groups is 2. The highest BCUT2D eigenvalue weighted by atomic mass is 35.5. The van der Waals surface area contributed by atoms with E-state index in [1.165, 1.54) is 26.8 Å². The van der Waals surface area contributed by atoms with E-state index < -0.39 is 34.2 Å². The Kier molecular flexibility index (Phi) is 4.09. The second-order valence-electron chi connectivity index (χ2n) is 4.90. The van der Waals surface area contributed by atoms with Crippen molar-refractivity contribution in [2.75, 3.05) is 0 Å². The average Bonchev–Trinajstić information content (AvgIpc) is 2.63. The first kappa shape index (κ1) is 16.2. The molecule has 1 aromatic rings. The summed E-state index contributed by atoms with van der Waals surface area (Å²) in [6, 6.07) is 1.19. The van der Waals surface area contributed by atoms with Crippen molar-refractivity contribution in [3.63, 3.8) is 0 Å². The maximum absolute atomic E-state index is 12.1. The van der Waals surface area contributed by atoms with E-state index in [-0.39, 0.29) is 11.5 Å². The Hall–Kier alpha value is -2.17. The standard InChI is InChI=1S/C14H15ClN2O5/c1-4-5-14(15)11(20)10(8(3)18)22-12(14)17-7(2)6-9(19)16-13(17)21/h6,8,12,18,20H,1-3H3,(H,16,19,21)/t8-,12-,14?/m1/s1. The predicted octanol–water partition coefficient (Wildman–Crippen LogP) is 0.525. The number of alkyl halides is 1. The van der Waals surface area contributed by atoms with E-state index >= 15 is 0 Å². The van der Waals surface area contributed by atoms with Gasteiger partial charge in [0.2, 0.25) is 11.1 Å². The summed E-state index contributed by atoms with van der Waals surface area (Å²) < 4.78 is 6.55. The number of aromatic amines is 1. The molecule has 0 amide bonds. The lowest BCUT2D eigenvalue weighted by Crippen LogP contribution is -2.41. The Balaban J connectivity index is 2.69. The van der Waals surface area contributed by atoms with Crippen molar-refractivity contribution in [1.82, 2.24) is 9.55 Å². The molecule has 0 saturated heterocycles. The molecular formula is C14H15ClN2O5. The number of halogens is 1. The Morgan fingerprint density at radius 1 is 1.55 bits per heavy atom. The minimum absolute atomic E-state index is 0.166. The molecule has 3 atom stereocenters. The minimum atomic E-state index is -1.74. The number of hydrogen-bond donors (Lipinski definition) is 3. The van der Waals surface area contributed by atoms with Crippen LogP contribution in [0.25, 0.3) is 0 Å². The van der Waals surface area contributed by atoms with Crippen LogP contribution in [0, 0.1) is 18.8 Å². The van der Waals surface area contributed by atoms with Gasteiger partial charge in [-0.2, -0.15) is 0 Å². The third-order valence-corrected chi connectivity index (χ3v) is 3.71. The lowest BCUT2D eigenvalue weighted by molar-refractivity contribution is 0.0296. The Bertz CT molecular complexity index is 811. The molecule has 7 nitrogen and oxygen atoms in total. The molecule has 1 unspecified atom stereocenters. The molecular weight excluding hydrogens is 312 g/mol. The smallest absolute Gasteiger partial charge is 0.331 e. The van der Waals surface area contributed by atoms with Crippen LogP contribution in [0.5, 0.6) is 0 Å². The lowest BCUT2D eigenvalue weighted by atomic mass is 10.0. The largest absolute Gasteiger partial charge is 0.506 e. The predicted molar refractivity (Wildman–Crippen MR) is 79.6 cm³/mol. The van der Waals surface area contributed by atoms with Crippen LogP contribution in [0.4, 0.5) is 0 Å². The molecule has 2 rings (SSSR count). The average molecular weight is 327 g/mol. The summed E-state index contributed by atoms with van der Waals surface area (Å²) in [6.45, 7) is 4.42. The normalized spacial score (nSPS) is 25.4. The molecule has 1 aliphatic rings. The van der Waals surface area contributed by atoms with Gasteiger partial charge in [0.05, 0.1) is 0 Å². The minimum Gasteiger partial charge on any atom is -0.506 e. The Labute approximate surface area is 130 Å². The van der Waals surface area contributed by atoms with E-state index in [2.05, 4.69) is 16.8 Å². The van der Waals surface area contributed by atoms with Crippen molar-refractivity contribution in [2.45, 2.75) is 38.0 Å². The highest BCUT2D eigenvalue weighted by Gasteiger charge is 2.52. The number of nitrogens with zero attached hydrogens (tertiary/aromatic N) is 1. The van der Waals surface area contributed by atoms with Crippen molar-refractivity contribution < 1.29 is 14.9 Å². The van der Waals surface area contributed by atoms with Crippen LogP contribution in [-0.2, 0) is 4.74 Å². The van der Waals surface area contributed by atoms with Gasteiger partial charge in [-0.05, 0) is 20.8 Å². The van der Waals surface area contributed by atoms with Crippen LogP contribution in [0.2, 0.25) is 0 Å². The van der Waals surface area contributed by atoms with Gasteiger partial charge >= 0.3 is 5.69 Å². The topological polar surface area (TPSA) is 105 Å². The summed E-state index contributed by atoms with van der Waals surface area (Å²) in [5, 5.41) is 19.9. The third-order valence-electron chi connectivity index (χ3n) is 3.25. The van der Waals surface area contributed by atoms with E-state index in [4.69, 9.17) is 16.3 Å². The maximum atomic E-state index is 12.1. The SMILES string of the molecule is CC#CC1(Cl)C(O)=C([C@@H](C)O)O[C@H]1n1c(C)cc(=O)[nH]c1=O. The van der Waals surface area contributed by atoms with E-state index in [1.807, 2.05) is 0 Å². The molecule has 118 valence electrons. The van der Waals surface area contributed by atoms with Gasteiger partial charge in [0.15, 0.2) is 11.5 Å². The van der Waals surface area contributed by atoms with Crippen LogP contribution in [0.1, 0.15) is 25.8 Å². The van der Waals surface area contributed by atoms with Crippen molar-refractivity contribution in [3.8, 4) is 11.8 Å².